The van der Waals surface area contributed by atoms with Crippen LogP contribution >= 0.6 is 0 Å². The van der Waals surface area contributed by atoms with Gasteiger partial charge in [-0.15, -0.1) is 0 Å². The number of hydrogen-bond acceptors (Lipinski definition) is 4. The van der Waals surface area contributed by atoms with Crippen LogP contribution in [0.4, 0.5) is 0 Å². The monoisotopic (exact) mass is 276 g/mol. The zero-order chi connectivity index (χ0) is 14.1. The minimum absolute atomic E-state index is 0.269. The predicted molar refractivity (Wildman–Crippen MR) is 79.0 cm³/mol. The Morgan fingerprint density at radius 3 is 2.75 bits per heavy atom. The van der Waals surface area contributed by atoms with Crippen molar-refractivity contribution in [3.8, 4) is 5.75 Å². The van der Waals surface area contributed by atoms with Crippen molar-refractivity contribution in [2.75, 3.05) is 26.2 Å². The molecule has 0 aromatic heterocycles. The minimum Gasteiger partial charge on any atom is -0.493 e. The number of nitrogens with two attached hydrogens (primary N) is 1. The summed E-state index contributed by atoms with van der Waals surface area (Å²) in [4.78, 5) is 2.45. The van der Waals surface area contributed by atoms with Crippen LogP contribution < -0.4 is 10.5 Å². The third kappa shape index (κ3) is 2.68. The fourth-order valence-electron chi connectivity index (χ4n) is 3.38. The van der Waals surface area contributed by atoms with Crippen molar-refractivity contribution in [3.05, 3.63) is 29.3 Å². The number of ether oxygens (including phenoxy) is 2. The van der Waals surface area contributed by atoms with E-state index in [1.54, 1.807) is 0 Å². The summed E-state index contributed by atoms with van der Waals surface area (Å²) in [7, 11) is 0. The number of nitrogens with zero attached hydrogens (tertiary/aromatic N) is 1. The summed E-state index contributed by atoms with van der Waals surface area (Å²) in [6.07, 6.45) is 1.55. The molecule has 2 N–H and O–H groups in total. The van der Waals surface area contributed by atoms with E-state index in [9.17, 15) is 0 Å². The fraction of sp³-hybridized carbons (Fsp3) is 0.625. The SMILES string of the molecule is C[C@@H]1CN([C@H](CN)c2ccc3c(c2)CCO3)C[C@@H](C)O1. The zero-order valence-corrected chi connectivity index (χ0v) is 12.3. The second-order valence-corrected chi connectivity index (χ2v) is 5.93. The lowest BCUT2D eigenvalue weighted by molar-refractivity contribution is -0.0799. The Labute approximate surface area is 120 Å². The summed E-state index contributed by atoms with van der Waals surface area (Å²) in [5.41, 5.74) is 8.68. The summed E-state index contributed by atoms with van der Waals surface area (Å²) in [6, 6.07) is 6.79. The summed E-state index contributed by atoms with van der Waals surface area (Å²) in [5, 5.41) is 0. The molecule has 0 bridgehead atoms. The summed E-state index contributed by atoms with van der Waals surface area (Å²) >= 11 is 0. The first-order valence-electron chi connectivity index (χ1n) is 7.52. The highest BCUT2D eigenvalue weighted by atomic mass is 16.5. The van der Waals surface area contributed by atoms with E-state index in [0.29, 0.717) is 6.54 Å². The first-order chi connectivity index (χ1) is 9.67. The van der Waals surface area contributed by atoms with Gasteiger partial charge in [0.15, 0.2) is 0 Å². The molecule has 0 spiro atoms. The normalized spacial score (nSPS) is 27.9. The second-order valence-electron chi connectivity index (χ2n) is 5.93. The van der Waals surface area contributed by atoms with Gasteiger partial charge in [0.25, 0.3) is 0 Å². The van der Waals surface area contributed by atoms with Gasteiger partial charge in [-0.2, -0.15) is 0 Å². The molecule has 1 fully saturated rings. The standard InChI is InChI=1S/C16H24N2O2/c1-11-9-18(10-12(2)20-11)15(8-17)13-3-4-16-14(7-13)5-6-19-16/h3-4,7,11-12,15H,5-6,8-10,17H2,1-2H3/t11-,12-,15-/m1/s1. The molecule has 2 heterocycles. The van der Waals surface area contributed by atoms with Gasteiger partial charge in [0.2, 0.25) is 0 Å². The Balaban J connectivity index is 1.82. The maximum atomic E-state index is 6.06. The van der Waals surface area contributed by atoms with E-state index < -0.39 is 0 Å². The average Bonchev–Trinajstić information content (AvgIpc) is 2.86. The van der Waals surface area contributed by atoms with E-state index in [2.05, 4.69) is 36.9 Å². The lowest BCUT2D eigenvalue weighted by atomic mass is 10.00. The number of rotatable bonds is 3. The summed E-state index contributed by atoms with van der Waals surface area (Å²) < 4.78 is 11.4. The maximum absolute atomic E-state index is 6.06. The molecular weight excluding hydrogens is 252 g/mol. The molecule has 4 nitrogen and oxygen atoms in total. The van der Waals surface area contributed by atoms with E-state index >= 15 is 0 Å². The van der Waals surface area contributed by atoms with E-state index in [4.69, 9.17) is 15.2 Å². The van der Waals surface area contributed by atoms with E-state index in [1.807, 2.05) is 0 Å². The van der Waals surface area contributed by atoms with Gasteiger partial charge in [-0.3, -0.25) is 4.90 Å². The highest BCUT2D eigenvalue weighted by molar-refractivity contribution is 5.41. The number of hydrogen-bond donors (Lipinski definition) is 1. The number of fused-ring (bicyclic) bond motifs is 1. The Hall–Kier alpha value is -1.10. The molecule has 0 saturated carbocycles. The Kier molecular flexibility index (Phi) is 3.96. The van der Waals surface area contributed by atoms with Crippen molar-refractivity contribution in [3.63, 3.8) is 0 Å². The molecule has 1 saturated heterocycles. The van der Waals surface area contributed by atoms with Crippen LogP contribution in [-0.4, -0.2) is 43.3 Å². The quantitative estimate of drug-likeness (QED) is 0.913. The molecule has 0 amide bonds. The molecule has 20 heavy (non-hydrogen) atoms. The van der Waals surface area contributed by atoms with Gasteiger partial charge in [0.1, 0.15) is 5.75 Å². The first kappa shape index (κ1) is 13.9. The van der Waals surface area contributed by atoms with Crippen LogP contribution in [0.15, 0.2) is 18.2 Å². The van der Waals surface area contributed by atoms with Crippen LogP contribution in [0.1, 0.15) is 31.0 Å². The highest BCUT2D eigenvalue weighted by Gasteiger charge is 2.28. The Morgan fingerprint density at radius 2 is 2.05 bits per heavy atom. The summed E-state index contributed by atoms with van der Waals surface area (Å²) in [5.74, 6) is 1.04. The lowest BCUT2D eigenvalue weighted by Gasteiger charge is -2.40. The van der Waals surface area contributed by atoms with E-state index in [-0.39, 0.29) is 18.2 Å². The molecule has 3 atom stereocenters. The van der Waals surface area contributed by atoms with Crippen molar-refractivity contribution in [2.24, 2.45) is 5.73 Å². The average molecular weight is 276 g/mol. The second kappa shape index (κ2) is 5.72. The van der Waals surface area contributed by atoms with Crippen molar-refractivity contribution in [2.45, 2.75) is 38.5 Å². The summed E-state index contributed by atoms with van der Waals surface area (Å²) in [6.45, 7) is 7.59. The predicted octanol–water partition coefficient (Wildman–Crippen LogP) is 1.73. The molecule has 4 heteroatoms. The first-order valence-corrected chi connectivity index (χ1v) is 7.52. The van der Waals surface area contributed by atoms with Crippen molar-refractivity contribution < 1.29 is 9.47 Å². The van der Waals surface area contributed by atoms with Gasteiger partial charge in [-0.25, -0.2) is 0 Å². The largest absolute Gasteiger partial charge is 0.493 e. The molecule has 2 aliphatic heterocycles. The molecule has 0 unspecified atom stereocenters. The number of morpholine rings is 1. The maximum Gasteiger partial charge on any atom is 0.122 e. The molecule has 1 aromatic rings. The van der Waals surface area contributed by atoms with Crippen LogP contribution in [0.25, 0.3) is 0 Å². The van der Waals surface area contributed by atoms with Crippen molar-refractivity contribution in [1.82, 2.24) is 4.90 Å². The van der Waals surface area contributed by atoms with Crippen LogP contribution in [0, 0.1) is 0 Å². The van der Waals surface area contributed by atoms with E-state index in [1.165, 1.54) is 11.1 Å². The van der Waals surface area contributed by atoms with Gasteiger partial charge in [-0.1, -0.05) is 12.1 Å². The Bertz CT molecular complexity index is 468. The molecule has 3 rings (SSSR count). The lowest BCUT2D eigenvalue weighted by Crippen LogP contribution is -2.48. The van der Waals surface area contributed by atoms with Gasteiger partial charge >= 0.3 is 0 Å². The van der Waals surface area contributed by atoms with Crippen molar-refractivity contribution >= 4 is 0 Å². The third-order valence-electron chi connectivity index (χ3n) is 4.21. The van der Waals surface area contributed by atoms with Gasteiger partial charge < -0.3 is 15.2 Å². The Morgan fingerprint density at radius 1 is 1.30 bits per heavy atom. The van der Waals surface area contributed by atoms with Crippen LogP contribution in [-0.2, 0) is 11.2 Å². The van der Waals surface area contributed by atoms with Gasteiger partial charge in [0.05, 0.1) is 18.8 Å². The van der Waals surface area contributed by atoms with Crippen molar-refractivity contribution in [1.29, 1.82) is 0 Å². The number of benzene rings is 1. The molecule has 2 aliphatic rings. The van der Waals surface area contributed by atoms with Crippen LogP contribution in [0.3, 0.4) is 0 Å². The molecule has 0 aliphatic carbocycles. The highest BCUT2D eigenvalue weighted by Crippen LogP contribution is 2.31. The van der Waals surface area contributed by atoms with Crippen LogP contribution in [0.5, 0.6) is 5.75 Å². The molecular formula is C16H24N2O2. The van der Waals surface area contributed by atoms with Gasteiger partial charge in [-0.05, 0) is 31.0 Å². The topological polar surface area (TPSA) is 47.7 Å². The fourth-order valence-corrected chi connectivity index (χ4v) is 3.38. The van der Waals surface area contributed by atoms with Gasteiger partial charge in [0, 0.05) is 32.1 Å². The van der Waals surface area contributed by atoms with E-state index in [0.717, 1.165) is 31.9 Å². The third-order valence-corrected chi connectivity index (χ3v) is 4.21. The molecule has 1 aromatic carbocycles. The minimum atomic E-state index is 0.269. The zero-order valence-electron chi connectivity index (χ0n) is 12.3. The smallest absolute Gasteiger partial charge is 0.122 e. The van der Waals surface area contributed by atoms with Crippen LogP contribution in [0.2, 0.25) is 0 Å². The molecule has 0 radical (unpaired) electrons. The molecule has 110 valence electrons.